The molecule has 0 radical (unpaired) electrons. The van der Waals surface area contributed by atoms with E-state index in [-0.39, 0.29) is 30.4 Å². The minimum atomic E-state index is -4.51. The highest BCUT2D eigenvalue weighted by molar-refractivity contribution is 7.14. The molecule has 0 saturated carbocycles. The number of carbonyl (C=O) groups is 3. The number of aromatic nitrogens is 1. The van der Waals surface area contributed by atoms with Gasteiger partial charge in [-0.15, -0.1) is 11.3 Å². The zero-order valence-electron chi connectivity index (χ0n) is 12.6. The number of rotatable bonds is 5. The van der Waals surface area contributed by atoms with Crippen molar-refractivity contribution in [2.24, 2.45) is 5.92 Å². The molecule has 1 atom stereocenters. The van der Waals surface area contributed by atoms with Crippen LogP contribution in [0.25, 0.3) is 0 Å². The number of nitrogens with one attached hydrogen (secondary N) is 1. The Kier molecular flexibility index (Phi) is 5.42. The molecule has 1 unspecified atom stereocenters. The first-order valence-corrected chi connectivity index (χ1v) is 7.85. The van der Waals surface area contributed by atoms with E-state index < -0.39 is 36.4 Å². The SMILES string of the molecule is CCOC(=O)c1csc(NC(=O)C2CC(=O)N(CC(F)(F)F)C2)n1. The van der Waals surface area contributed by atoms with Gasteiger partial charge in [0.15, 0.2) is 10.8 Å². The van der Waals surface area contributed by atoms with Crippen molar-refractivity contribution < 1.29 is 32.3 Å². The molecule has 2 amide bonds. The first kappa shape index (κ1) is 18.2. The van der Waals surface area contributed by atoms with E-state index >= 15 is 0 Å². The highest BCUT2D eigenvalue weighted by Crippen LogP contribution is 2.25. The second-order valence-corrected chi connectivity index (χ2v) is 5.90. The van der Waals surface area contributed by atoms with E-state index in [2.05, 4.69) is 10.3 Å². The Morgan fingerprint density at radius 1 is 1.50 bits per heavy atom. The van der Waals surface area contributed by atoms with Gasteiger partial charge >= 0.3 is 12.1 Å². The van der Waals surface area contributed by atoms with Crippen LogP contribution < -0.4 is 5.32 Å². The minimum Gasteiger partial charge on any atom is -0.461 e. The number of nitrogens with zero attached hydrogens (tertiary/aromatic N) is 2. The lowest BCUT2D eigenvalue weighted by molar-refractivity contribution is -0.157. The molecule has 0 spiro atoms. The van der Waals surface area contributed by atoms with Crippen molar-refractivity contribution in [1.82, 2.24) is 9.88 Å². The van der Waals surface area contributed by atoms with Crippen LogP contribution in [0.4, 0.5) is 18.3 Å². The van der Waals surface area contributed by atoms with Crippen molar-refractivity contribution in [2.45, 2.75) is 19.5 Å². The summed E-state index contributed by atoms with van der Waals surface area (Å²) in [6.45, 7) is 0.133. The van der Waals surface area contributed by atoms with E-state index in [1.165, 1.54) is 5.38 Å². The molecule has 1 aliphatic heterocycles. The molecule has 0 aromatic carbocycles. The number of likely N-dealkylation sites (tertiary alicyclic amines) is 1. The maximum absolute atomic E-state index is 12.4. The quantitative estimate of drug-likeness (QED) is 0.802. The summed E-state index contributed by atoms with van der Waals surface area (Å²) in [5, 5.41) is 3.91. The Morgan fingerprint density at radius 3 is 2.83 bits per heavy atom. The van der Waals surface area contributed by atoms with Crippen molar-refractivity contribution in [3.8, 4) is 0 Å². The van der Waals surface area contributed by atoms with Gasteiger partial charge in [0.1, 0.15) is 6.54 Å². The van der Waals surface area contributed by atoms with Crippen LogP contribution in [0.3, 0.4) is 0 Å². The first-order chi connectivity index (χ1) is 11.2. The number of hydrogen-bond donors (Lipinski definition) is 1. The van der Waals surface area contributed by atoms with Crippen molar-refractivity contribution in [1.29, 1.82) is 0 Å². The van der Waals surface area contributed by atoms with Gasteiger partial charge in [-0.25, -0.2) is 9.78 Å². The van der Waals surface area contributed by atoms with Crippen LogP contribution in [-0.2, 0) is 14.3 Å². The topological polar surface area (TPSA) is 88.6 Å². The summed E-state index contributed by atoms with van der Waals surface area (Å²) < 4.78 is 41.8. The van der Waals surface area contributed by atoms with Crippen LogP contribution in [-0.4, -0.2) is 53.5 Å². The molecule has 1 aliphatic rings. The molecule has 2 rings (SSSR count). The van der Waals surface area contributed by atoms with Crippen molar-refractivity contribution >= 4 is 34.3 Å². The van der Waals surface area contributed by atoms with Crippen LogP contribution in [0.5, 0.6) is 0 Å². The van der Waals surface area contributed by atoms with Gasteiger partial charge in [-0.1, -0.05) is 0 Å². The van der Waals surface area contributed by atoms with Crippen LogP contribution >= 0.6 is 11.3 Å². The monoisotopic (exact) mass is 365 g/mol. The summed E-state index contributed by atoms with van der Waals surface area (Å²) in [4.78, 5) is 39.6. The van der Waals surface area contributed by atoms with Crippen molar-refractivity contribution in [3.05, 3.63) is 11.1 Å². The maximum Gasteiger partial charge on any atom is 0.406 e. The Bertz CT molecular complexity index is 647. The summed E-state index contributed by atoms with van der Waals surface area (Å²) in [7, 11) is 0. The maximum atomic E-state index is 12.4. The van der Waals surface area contributed by atoms with E-state index in [4.69, 9.17) is 4.74 Å². The molecular formula is C13H14F3N3O4S. The summed E-state index contributed by atoms with van der Waals surface area (Å²) >= 11 is 0.980. The van der Waals surface area contributed by atoms with E-state index in [1.807, 2.05) is 0 Å². The average molecular weight is 365 g/mol. The van der Waals surface area contributed by atoms with Crippen molar-refractivity contribution in [2.75, 3.05) is 25.0 Å². The highest BCUT2D eigenvalue weighted by atomic mass is 32.1. The van der Waals surface area contributed by atoms with Gasteiger partial charge in [0.25, 0.3) is 0 Å². The van der Waals surface area contributed by atoms with E-state index in [9.17, 15) is 27.6 Å². The van der Waals surface area contributed by atoms with Crippen LogP contribution in [0, 0.1) is 5.92 Å². The Balaban J connectivity index is 1.94. The molecule has 0 bridgehead atoms. The second kappa shape index (κ2) is 7.16. The molecule has 1 fully saturated rings. The highest BCUT2D eigenvalue weighted by Gasteiger charge is 2.40. The fraction of sp³-hybridized carbons (Fsp3) is 0.538. The van der Waals surface area contributed by atoms with E-state index in [0.717, 1.165) is 11.3 Å². The fourth-order valence-electron chi connectivity index (χ4n) is 2.15. The number of alkyl halides is 3. The van der Waals surface area contributed by atoms with Crippen molar-refractivity contribution in [3.63, 3.8) is 0 Å². The Morgan fingerprint density at radius 2 is 2.21 bits per heavy atom. The number of carbonyl (C=O) groups excluding carboxylic acids is 3. The molecule has 1 N–H and O–H groups in total. The smallest absolute Gasteiger partial charge is 0.406 e. The summed E-state index contributed by atoms with van der Waals surface area (Å²) in [5.74, 6) is -2.87. The lowest BCUT2D eigenvalue weighted by atomic mass is 10.1. The number of anilines is 1. The summed E-state index contributed by atoms with van der Waals surface area (Å²) in [6.07, 6.45) is -4.80. The van der Waals surface area contributed by atoms with Gasteiger partial charge < -0.3 is 15.0 Å². The second-order valence-electron chi connectivity index (χ2n) is 5.04. The molecule has 11 heteroatoms. The van der Waals surface area contributed by atoms with Gasteiger partial charge in [-0.2, -0.15) is 13.2 Å². The van der Waals surface area contributed by atoms with Gasteiger partial charge in [0.2, 0.25) is 11.8 Å². The van der Waals surface area contributed by atoms with Crippen LogP contribution in [0.15, 0.2) is 5.38 Å². The van der Waals surface area contributed by atoms with Gasteiger partial charge in [-0.3, -0.25) is 9.59 Å². The summed E-state index contributed by atoms with van der Waals surface area (Å²) in [5.41, 5.74) is 0.0262. The molecule has 2 heterocycles. The van der Waals surface area contributed by atoms with Gasteiger partial charge in [0.05, 0.1) is 12.5 Å². The predicted octanol–water partition coefficient (Wildman–Crippen LogP) is 1.67. The number of hydrogen-bond acceptors (Lipinski definition) is 6. The molecule has 7 nitrogen and oxygen atoms in total. The standard InChI is InChI=1S/C13H14F3N3O4S/c1-2-23-11(22)8-5-24-12(17-8)18-10(21)7-3-9(20)19(4-7)6-13(14,15)16/h5,7H,2-4,6H2,1H3,(H,17,18,21). The lowest BCUT2D eigenvalue weighted by Gasteiger charge is -2.18. The van der Waals surface area contributed by atoms with Gasteiger partial charge in [0, 0.05) is 18.3 Å². The molecule has 1 saturated heterocycles. The fourth-order valence-corrected chi connectivity index (χ4v) is 2.84. The Labute approximate surface area is 138 Å². The number of thiazole rings is 1. The third-order valence-electron chi connectivity index (χ3n) is 3.17. The van der Waals surface area contributed by atoms with Crippen LogP contribution in [0.1, 0.15) is 23.8 Å². The van der Waals surface area contributed by atoms with Crippen LogP contribution in [0.2, 0.25) is 0 Å². The molecule has 132 valence electrons. The predicted molar refractivity (Wildman–Crippen MR) is 77.4 cm³/mol. The first-order valence-electron chi connectivity index (χ1n) is 6.97. The summed E-state index contributed by atoms with van der Waals surface area (Å²) in [6, 6.07) is 0. The molecule has 0 aliphatic carbocycles. The zero-order chi connectivity index (χ0) is 17.9. The molecule has 1 aromatic rings. The zero-order valence-corrected chi connectivity index (χ0v) is 13.4. The lowest BCUT2D eigenvalue weighted by Crippen LogP contribution is -2.36. The molecule has 1 aromatic heterocycles. The normalized spacial score (nSPS) is 17.9. The third-order valence-corrected chi connectivity index (χ3v) is 3.93. The number of ether oxygens (including phenoxy) is 1. The number of amides is 2. The molecule has 24 heavy (non-hydrogen) atoms. The molecular weight excluding hydrogens is 351 g/mol. The Hall–Kier alpha value is -2.17. The largest absolute Gasteiger partial charge is 0.461 e. The van der Waals surface area contributed by atoms with E-state index in [0.29, 0.717) is 4.90 Å². The van der Waals surface area contributed by atoms with E-state index in [1.54, 1.807) is 6.92 Å². The number of halogens is 3. The van der Waals surface area contributed by atoms with Gasteiger partial charge in [-0.05, 0) is 6.92 Å². The average Bonchev–Trinajstić information content (AvgIpc) is 3.05. The minimum absolute atomic E-state index is 0.0262. The third kappa shape index (κ3) is 4.66. The number of esters is 1.